The van der Waals surface area contributed by atoms with E-state index in [0.29, 0.717) is 11.7 Å². The van der Waals surface area contributed by atoms with Gasteiger partial charge in [-0.15, -0.1) is 4.36 Å². The summed E-state index contributed by atoms with van der Waals surface area (Å²) in [6.07, 6.45) is -0.742. The standard InChI is InChI=1S/C10H11NO2S/c1-7(2)8-5-3-4-6-9(8)13-10(12)11-14/h3-7H,1-2H3. The molecule has 0 fully saturated rings. The Kier molecular flexibility index (Phi) is 3.71. The van der Waals surface area contributed by atoms with Crippen LogP contribution in [-0.4, -0.2) is 6.09 Å². The Hall–Kier alpha value is -1.29. The molecule has 74 valence electrons. The van der Waals surface area contributed by atoms with Gasteiger partial charge in [0.05, 0.1) is 0 Å². The molecule has 1 aromatic rings. The minimum atomic E-state index is -0.742. The van der Waals surface area contributed by atoms with Gasteiger partial charge in [0.25, 0.3) is 0 Å². The summed E-state index contributed by atoms with van der Waals surface area (Å²) in [5.74, 6) is 0.824. The van der Waals surface area contributed by atoms with Gasteiger partial charge in [-0.3, -0.25) is 0 Å². The lowest BCUT2D eigenvalue weighted by atomic mass is 10.0. The minimum Gasteiger partial charge on any atom is -0.408 e. The van der Waals surface area contributed by atoms with Crippen LogP contribution in [0.25, 0.3) is 0 Å². The van der Waals surface area contributed by atoms with E-state index in [1.807, 2.05) is 26.0 Å². The molecule has 0 saturated heterocycles. The highest BCUT2D eigenvalue weighted by Gasteiger charge is 2.09. The van der Waals surface area contributed by atoms with Crippen LogP contribution in [-0.2, 0) is 12.4 Å². The van der Waals surface area contributed by atoms with E-state index >= 15 is 0 Å². The molecule has 0 aromatic heterocycles. The molecule has 1 amide bonds. The van der Waals surface area contributed by atoms with Gasteiger partial charge in [0.2, 0.25) is 0 Å². The molecule has 0 atom stereocenters. The molecule has 3 nitrogen and oxygen atoms in total. The highest BCUT2D eigenvalue weighted by molar-refractivity contribution is 7.47. The topological polar surface area (TPSA) is 38.7 Å². The molecule has 0 aliphatic heterocycles. The van der Waals surface area contributed by atoms with Crippen LogP contribution in [0.3, 0.4) is 0 Å². The van der Waals surface area contributed by atoms with Gasteiger partial charge in [-0.2, -0.15) is 0 Å². The van der Waals surface area contributed by atoms with E-state index in [2.05, 4.69) is 16.8 Å². The number of carbonyl (C=O) groups excluding carboxylic acids is 1. The summed E-state index contributed by atoms with van der Waals surface area (Å²) in [4.78, 5) is 10.9. The predicted molar refractivity (Wildman–Crippen MR) is 56.3 cm³/mol. The van der Waals surface area contributed by atoms with Crippen LogP contribution in [0.15, 0.2) is 28.6 Å². The fraction of sp³-hybridized carbons (Fsp3) is 0.300. The van der Waals surface area contributed by atoms with Gasteiger partial charge in [-0.1, -0.05) is 32.0 Å². The molecule has 0 saturated carbocycles. The Morgan fingerprint density at radius 3 is 2.64 bits per heavy atom. The van der Waals surface area contributed by atoms with Crippen molar-refractivity contribution in [1.82, 2.24) is 0 Å². The molecule has 0 aliphatic rings. The van der Waals surface area contributed by atoms with Gasteiger partial charge < -0.3 is 4.74 Å². The Morgan fingerprint density at radius 1 is 1.43 bits per heavy atom. The van der Waals surface area contributed by atoms with E-state index in [0.717, 1.165) is 5.56 Å². The number of para-hydroxylation sites is 1. The summed E-state index contributed by atoms with van der Waals surface area (Å²) in [6, 6.07) is 7.35. The summed E-state index contributed by atoms with van der Waals surface area (Å²) in [5.41, 5.74) is 0.972. The van der Waals surface area contributed by atoms with E-state index in [1.54, 1.807) is 12.1 Å². The second-order valence-electron chi connectivity index (χ2n) is 3.15. The third-order valence-electron chi connectivity index (χ3n) is 1.81. The van der Waals surface area contributed by atoms with Crippen LogP contribution >= 0.6 is 0 Å². The summed E-state index contributed by atoms with van der Waals surface area (Å²) in [5, 5.41) is 0. The molecule has 14 heavy (non-hydrogen) atoms. The van der Waals surface area contributed by atoms with Crippen molar-refractivity contribution in [2.24, 2.45) is 4.36 Å². The van der Waals surface area contributed by atoms with Crippen LogP contribution in [0.1, 0.15) is 25.3 Å². The quantitative estimate of drug-likeness (QED) is 0.751. The van der Waals surface area contributed by atoms with Crippen molar-refractivity contribution in [3.8, 4) is 5.75 Å². The summed E-state index contributed by atoms with van der Waals surface area (Å²) < 4.78 is 7.95. The highest BCUT2D eigenvalue weighted by Crippen LogP contribution is 2.25. The van der Waals surface area contributed by atoms with Crippen LogP contribution in [0.4, 0.5) is 4.79 Å². The van der Waals surface area contributed by atoms with Crippen molar-refractivity contribution in [2.45, 2.75) is 19.8 Å². The summed E-state index contributed by atoms with van der Waals surface area (Å²) >= 11 is 4.23. The van der Waals surface area contributed by atoms with E-state index in [4.69, 9.17) is 4.74 Å². The summed E-state index contributed by atoms with van der Waals surface area (Å²) in [7, 11) is 0. The molecule has 4 heteroatoms. The van der Waals surface area contributed by atoms with Gasteiger partial charge in [-0.25, -0.2) is 4.79 Å². The van der Waals surface area contributed by atoms with Crippen molar-refractivity contribution in [2.75, 3.05) is 0 Å². The van der Waals surface area contributed by atoms with Crippen LogP contribution in [0.2, 0.25) is 0 Å². The van der Waals surface area contributed by atoms with Gasteiger partial charge in [0.1, 0.15) is 5.75 Å². The predicted octanol–water partition coefficient (Wildman–Crippen LogP) is 3.04. The normalized spacial score (nSPS) is 9.93. The first kappa shape index (κ1) is 10.8. The van der Waals surface area contributed by atoms with Crippen LogP contribution in [0.5, 0.6) is 5.75 Å². The average molecular weight is 209 g/mol. The van der Waals surface area contributed by atoms with Gasteiger partial charge in [-0.05, 0) is 17.5 Å². The first-order valence-electron chi connectivity index (χ1n) is 4.29. The second-order valence-corrected chi connectivity index (χ2v) is 3.33. The Bertz CT molecular complexity index is 350. The van der Waals surface area contributed by atoms with Crippen molar-refractivity contribution >= 4 is 18.5 Å². The molecule has 0 unspecified atom stereocenters. The molecular formula is C10H11NO2S. The molecule has 0 N–H and O–H groups in total. The Morgan fingerprint density at radius 2 is 2.07 bits per heavy atom. The molecule has 0 spiro atoms. The van der Waals surface area contributed by atoms with Crippen molar-refractivity contribution in [1.29, 1.82) is 0 Å². The maximum Gasteiger partial charge on any atom is 0.450 e. The number of ether oxygens (including phenoxy) is 1. The van der Waals surface area contributed by atoms with E-state index < -0.39 is 6.09 Å². The molecule has 0 radical (unpaired) electrons. The maximum atomic E-state index is 10.9. The van der Waals surface area contributed by atoms with Crippen molar-refractivity contribution < 1.29 is 9.53 Å². The number of amides is 1. The van der Waals surface area contributed by atoms with Gasteiger partial charge in [0.15, 0.2) is 0 Å². The third-order valence-corrected chi connectivity index (χ3v) is 1.96. The zero-order valence-corrected chi connectivity index (χ0v) is 8.88. The highest BCUT2D eigenvalue weighted by atomic mass is 32.1. The zero-order valence-electron chi connectivity index (χ0n) is 8.06. The monoisotopic (exact) mass is 209 g/mol. The number of hydrogen-bond donors (Lipinski definition) is 0. The summed E-state index contributed by atoms with van der Waals surface area (Å²) in [6.45, 7) is 4.05. The maximum absolute atomic E-state index is 10.9. The number of hydrogen-bond acceptors (Lipinski definition) is 3. The molecule has 1 rings (SSSR count). The third kappa shape index (κ3) is 2.60. The number of carbonyl (C=O) groups is 1. The largest absolute Gasteiger partial charge is 0.450 e. The zero-order chi connectivity index (χ0) is 10.6. The lowest BCUT2D eigenvalue weighted by Crippen LogP contribution is -2.03. The van der Waals surface area contributed by atoms with Crippen molar-refractivity contribution in [3.63, 3.8) is 0 Å². The number of rotatable bonds is 2. The lowest BCUT2D eigenvalue weighted by Gasteiger charge is -2.10. The molecular weight excluding hydrogens is 198 g/mol. The molecule has 0 heterocycles. The fourth-order valence-electron chi connectivity index (χ4n) is 1.16. The molecule has 1 aromatic carbocycles. The Labute approximate surface area is 88.3 Å². The van der Waals surface area contributed by atoms with Gasteiger partial charge >= 0.3 is 6.09 Å². The van der Waals surface area contributed by atoms with E-state index in [-0.39, 0.29) is 0 Å². The molecule has 0 bridgehead atoms. The first-order valence-corrected chi connectivity index (χ1v) is 4.65. The number of nitrogens with zero attached hydrogens (tertiary/aromatic N) is 1. The smallest absolute Gasteiger partial charge is 0.408 e. The SMILES string of the molecule is CC(C)c1ccccc1OC(=O)N=S. The van der Waals surface area contributed by atoms with E-state index in [1.165, 1.54) is 0 Å². The number of benzene rings is 1. The van der Waals surface area contributed by atoms with Crippen LogP contribution < -0.4 is 4.74 Å². The van der Waals surface area contributed by atoms with E-state index in [9.17, 15) is 4.79 Å². The Balaban J connectivity index is 2.95. The lowest BCUT2D eigenvalue weighted by molar-refractivity contribution is 0.211. The van der Waals surface area contributed by atoms with Crippen LogP contribution in [0, 0.1) is 0 Å². The fourth-order valence-corrected chi connectivity index (χ4v) is 1.20. The van der Waals surface area contributed by atoms with Gasteiger partial charge in [0, 0.05) is 12.4 Å². The average Bonchev–Trinajstić information content (AvgIpc) is 2.18. The second kappa shape index (κ2) is 4.81. The molecule has 0 aliphatic carbocycles. The minimum absolute atomic E-state index is 0.295. The van der Waals surface area contributed by atoms with Crippen molar-refractivity contribution in [3.05, 3.63) is 29.8 Å². The first-order chi connectivity index (χ1) is 6.65.